The molecular weight excluding hydrogens is 289 g/mol. The molecule has 0 spiro atoms. The van der Waals surface area contributed by atoms with Crippen molar-refractivity contribution in [3.63, 3.8) is 0 Å². The molecule has 0 heterocycles. The molecule has 7 heteroatoms. The van der Waals surface area contributed by atoms with E-state index in [0.29, 0.717) is 15.6 Å². The average molecular weight is 304 g/mol. The van der Waals surface area contributed by atoms with Crippen LogP contribution in [0.5, 0.6) is 0 Å². The van der Waals surface area contributed by atoms with Crippen molar-refractivity contribution in [2.45, 2.75) is 13.8 Å². The average Bonchev–Trinajstić information content (AvgIpc) is 2.38. The number of halogens is 2. The summed E-state index contributed by atoms with van der Waals surface area (Å²) in [6.45, 7) is 3.72. The van der Waals surface area contributed by atoms with Crippen molar-refractivity contribution < 1.29 is 10.0 Å². The first kappa shape index (κ1) is 15.6. The maximum absolute atomic E-state index is 11.9. The summed E-state index contributed by atoms with van der Waals surface area (Å²) in [5, 5.41) is 15.0. The van der Waals surface area contributed by atoms with Crippen LogP contribution in [0.4, 0.5) is 0 Å². The fourth-order valence-electron chi connectivity index (χ4n) is 1.27. The summed E-state index contributed by atoms with van der Waals surface area (Å²) in [5.74, 6) is -0.265. The van der Waals surface area contributed by atoms with Gasteiger partial charge in [0, 0.05) is 17.5 Å². The number of rotatable bonds is 4. The van der Waals surface area contributed by atoms with Gasteiger partial charge in [-0.2, -0.15) is 0 Å². The van der Waals surface area contributed by atoms with Crippen LogP contribution in [-0.2, 0) is 0 Å². The summed E-state index contributed by atoms with van der Waals surface area (Å²) in [6.07, 6.45) is 0. The van der Waals surface area contributed by atoms with Crippen LogP contribution in [0.2, 0.25) is 10.0 Å². The van der Waals surface area contributed by atoms with Gasteiger partial charge in [-0.05, 0) is 18.2 Å². The molecule has 0 aliphatic carbocycles. The van der Waals surface area contributed by atoms with Crippen molar-refractivity contribution >= 4 is 34.9 Å². The van der Waals surface area contributed by atoms with Crippen LogP contribution in [0.15, 0.2) is 23.4 Å². The van der Waals surface area contributed by atoms with Crippen LogP contribution < -0.4 is 11.1 Å². The van der Waals surface area contributed by atoms with E-state index in [1.54, 1.807) is 26.0 Å². The van der Waals surface area contributed by atoms with E-state index in [9.17, 15) is 4.79 Å². The predicted molar refractivity (Wildman–Crippen MR) is 76.0 cm³/mol. The van der Waals surface area contributed by atoms with Gasteiger partial charge in [0.15, 0.2) is 0 Å². The van der Waals surface area contributed by atoms with E-state index >= 15 is 0 Å². The number of nitrogens with zero attached hydrogens (tertiary/aromatic N) is 1. The van der Waals surface area contributed by atoms with Crippen LogP contribution in [0.1, 0.15) is 24.2 Å². The van der Waals surface area contributed by atoms with Gasteiger partial charge in [-0.3, -0.25) is 4.79 Å². The minimum Gasteiger partial charge on any atom is -0.409 e. The third-order valence-corrected chi connectivity index (χ3v) is 3.41. The minimum atomic E-state index is -0.652. The Balaban J connectivity index is 2.73. The zero-order valence-corrected chi connectivity index (χ0v) is 12.1. The van der Waals surface area contributed by atoms with Crippen molar-refractivity contribution in [3.05, 3.63) is 33.8 Å². The molecule has 0 unspecified atom stereocenters. The van der Waals surface area contributed by atoms with Gasteiger partial charge in [0.1, 0.15) is 5.84 Å². The maximum Gasteiger partial charge on any atom is 0.251 e. The summed E-state index contributed by atoms with van der Waals surface area (Å²) in [6, 6.07) is 4.60. The van der Waals surface area contributed by atoms with E-state index in [2.05, 4.69) is 10.5 Å². The minimum absolute atomic E-state index is 0.0435. The molecule has 0 aromatic heterocycles. The second kappa shape index (κ2) is 6.12. The maximum atomic E-state index is 11.9. The Bertz CT molecular complexity index is 516. The number of nitrogens with two attached hydrogens (primary N) is 1. The highest BCUT2D eigenvalue weighted by molar-refractivity contribution is 6.42. The largest absolute Gasteiger partial charge is 0.409 e. The molecule has 1 aromatic carbocycles. The summed E-state index contributed by atoms with van der Waals surface area (Å²) >= 11 is 11.6. The Hall–Kier alpha value is -1.46. The van der Waals surface area contributed by atoms with Gasteiger partial charge in [0.25, 0.3) is 5.91 Å². The number of oxime groups is 1. The molecule has 104 valence electrons. The fraction of sp³-hybridized carbons (Fsp3) is 0.333. The quantitative estimate of drug-likeness (QED) is 0.345. The number of hydrogen-bond acceptors (Lipinski definition) is 3. The molecule has 1 rings (SSSR count). The zero-order chi connectivity index (χ0) is 14.6. The highest BCUT2D eigenvalue weighted by atomic mass is 35.5. The van der Waals surface area contributed by atoms with E-state index in [-0.39, 0.29) is 18.3 Å². The van der Waals surface area contributed by atoms with Gasteiger partial charge in [-0.15, -0.1) is 0 Å². The van der Waals surface area contributed by atoms with Gasteiger partial charge >= 0.3 is 0 Å². The molecule has 0 saturated carbocycles. The molecule has 0 aliphatic heterocycles. The Kier molecular flexibility index (Phi) is 5.03. The summed E-state index contributed by atoms with van der Waals surface area (Å²) in [5.41, 5.74) is 5.27. The highest BCUT2D eigenvalue weighted by Gasteiger charge is 2.24. The Morgan fingerprint density at radius 2 is 2.05 bits per heavy atom. The topological polar surface area (TPSA) is 87.7 Å². The molecule has 1 aromatic rings. The lowest BCUT2D eigenvalue weighted by Crippen LogP contribution is -2.42. The van der Waals surface area contributed by atoms with E-state index in [1.807, 2.05) is 0 Å². The van der Waals surface area contributed by atoms with Crippen LogP contribution in [-0.4, -0.2) is 23.5 Å². The van der Waals surface area contributed by atoms with Crippen LogP contribution in [0.25, 0.3) is 0 Å². The van der Waals surface area contributed by atoms with Crippen molar-refractivity contribution in [1.29, 1.82) is 0 Å². The van der Waals surface area contributed by atoms with Crippen LogP contribution in [0.3, 0.4) is 0 Å². The number of carbonyl (C=O) groups excluding carboxylic acids is 1. The smallest absolute Gasteiger partial charge is 0.251 e. The lowest BCUT2D eigenvalue weighted by Gasteiger charge is -2.23. The molecule has 0 atom stereocenters. The van der Waals surface area contributed by atoms with Gasteiger partial charge < -0.3 is 16.3 Å². The molecule has 0 fully saturated rings. The molecule has 0 aliphatic rings. The number of benzene rings is 1. The number of nitrogens with one attached hydrogen (secondary N) is 1. The van der Waals surface area contributed by atoms with Crippen LogP contribution in [0, 0.1) is 5.41 Å². The summed E-state index contributed by atoms with van der Waals surface area (Å²) in [7, 11) is 0. The van der Waals surface area contributed by atoms with Gasteiger partial charge in [0.05, 0.1) is 10.0 Å². The molecule has 0 saturated heterocycles. The normalized spacial score (nSPS) is 12.3. The molecule has 0 radical (unpaired) electrons. The molecule has 5 nitrogen and oxygen atoms in total. The van der Waals surface area contributed by atoms with Crippen LogP contribution >= 0.6 is 23.2 Å². The second-order valence-corrected chi connectivity index (χ2v) is 5.50. The van der Waals surface area contributed by atoms with Gasteiger partial charge in [0.2, 0.25) is 0 Å². The summed E-state index contributed by atoms with van der Waals surface area (Å²) in [4.78, 5) is 11.9. The molecule has 0 bridgehead atoms. The summed E-state index contributed by atoms with van der Waals surface area (Å²) < 4.78 is 0. The first-order valence-corrected chi connectivity index (χ1v) is 6.25. The molecule has 19 heavy (non-hydrogen) atoms. The lowest BCUT2D eigenvalue weighted by molar-refractivity contribution is 0.0944. The van der Waals surface area contributed by atoms with E-state index in [4.69, 9.17) is 34.1 Å². The lowest BCUT2D eigenvalue weighted by atomic mass is 9.92. The molecule has 4 N–H and O–H groups in total. The van der Waals surface area contributed by atoms with Gasteiger partial charge in [-0.25, -0.2) is 0 Å². The van der Waals surface area contributed by atoms with Crippen molar-refractivity contribution in [3.8, 4) is 0 Å². The zero-order valence-electron chi connectivity index (χ0n) is 10.6. The van der Waals surface area contributed by atoms with E-state index < -0.39 is 5.41 Å². The third-order valence-electron chi connectivity index (χ3n) is 2.67. The van der Waals surface area contributed by atoms with Crippen molar-refractivity contribution in [1.82, 2.24) is 5.32 Å². The third kappa shape index (κ3) is 4.01. The van der Waals surface area contributed by atoms with E-state index in [0.717, 1.165) is 0 Å². The molecule has 1 amide bonds. The Labute approximate surface area is 121 Å². The Morgan fingerprint density at radius 3 is 2.58 bits per heavy atom. The second-order valence-electron chi connectivity index (χ2n) is 4.68. The fourth-order valence-corrected chi connectivity index (χ4v) is 1.56. The SMILES string of the molecule is CC(C)(CNC(=O)c1ccc(Cl)c(Cl)c1)/C(N)=N/O. The van der Waals surface area contributed by atoms with Gasteiger partial charge in [-0.1, -0.05) is 42.2 Å². The predicted octanol–water partition coefficient (Wildman–Crippen LogP) is 2.50. The highest BCUT2D eigenvalue weighted by Crippen LogP contribution is 2.22. The number of carbonyl (C=O) groups is 1. The standard InChI is InChI=1S/C12H15Cl2N3O2/c1-12(2,11(15)17-19)6-16-10(18)7-3-4-8(13)9(14)5-7/h3-5,19H,6H2,1-2H3,(H2,15,17)(H,16,18). The number of amidine groups is 1. The monoisotopic (exact) mass is 303 g/mol. The Morgan fingerprint density at radius 1 is 1.42 bits per heavy atom. The first-order chi connectivity index (χ1) is 8.77. The van der Waals surface area contributed by atoms with E-state index in [1.165, 1.54) is 6.07 Å². The van der Waals surface area contributed by atoms with Crippen molar-refractivity contribution in [2.75, 3.05) is 6.54 Å². The number of amides is 1. The first-order valence-electron chi connectivity index (χ1n) is 5.49. The number of hydrogen-bond donors (Lipinski definition) is 3. The van der Waals surface area contributed by atoms with Crippen molar-refractivity contribution in [2.24, 2.45) is 16.3 Å². The molecular formula is C12H15Cl2N3O2.